The monoisotopic (exact) mass is 224 g/mol. The fourth-order valence-corrected chi connectivity index (χ4v) is 1.17. The topological polar surface area (TPSA) is 60.5 Å². The third kappa shape index (κ3) is 4.27. The molecule has 5 heteroatoms. The first-order chi connectivity index (χ1) is 7.76. The van der Waals surface area contributed by atoms with E-state index in [9.17, 15) is 4.79 Å². The van der Waals surface area contributed by atoms with Crippen molar-refractivity contribution < 1.29 is 14.3 Å². The number of aromatic nitrogens is 1. The molecule has 5 nitrogen and oxygen atoms in total. The van der Waals surface area contributed by atoms with Gasteiger partial charge in [-0.1, -0.05) is 0 Å². The third-order valence-corrected chi connectivity index (χ3v) is 1.86. The predicted octanol–water partition coefficient (Wildman–Crippen LogP) is 0.743. The first-order valence-corrected chi connectivity index (χ1v) is 5.09. The second-order valence-corrected chi connectivity index (χ2v) is 3.15. The summed E-state index contributed by atoms with van der Waals surface area (Å²) in [6.07, 6.45) is 1.66. The summed E-state index contributed by atoms with van der Waals surface area (Å²) in [5.41, 5.74) is 0.947. The van der Waals surface area contributed by atoms with Crippen LogP contribution < -0.4 is 10.1 Å². The van der Waals surface area contributed by atoms with Crippen molar-refractivity contribution in [3.05, 3.63) is 23.9 Å². The Labute approximate surface area is 94.8 Å². The van der Waals surface area contributed by atoms with Crippen LogP contribution in [0, 0.1) is 0 Å². The Morgan fingerprint density at radius 3 is 3.06 bits per heavy atom. The van der Waals surface area contributed by atoms with Gasteiger partial charge in [0.05, 0.1) is 6.61 Å². The maximum Gasteiger partial charge on any atom is 0.246 e. The summed E-state index contributed by atoms with van der Waals surface area (Å²) < 4.78 is 9.96. The molecule has 1 rings (SSSR count). The molecule has 16 heavy (non-hydrogen) atoms. The summed E-state index contributed by atoms with van der Waals surface area (Å²) in [4.78, 5) is 15.2. The summed E-state index contributed by atoms with van der Waals surface area (Å²) in [5, 5.41) is 2.72. The van der Waals surface area contributed by atoms with Crippen LogP contribution in [0.1, 0.15) is 12.5 Å². The zero-order valence-electron chi connectivity index (χ0n) is 9.53. The minimum atomic E-state index is -0.141. The summed E-state index contributed by atoms with van der Waals surface area (Å²) in [7, 11) is 1.49. The van der Waals surface area contributed by atoms with Gasteiger partial charge in [-0.05, 0) is 18.6 Å². The Bertz CT molecular complexity index is 342. The van der Waals surface area contributed by atoms with E-state index in [1.165, 1.54) is 7.11 Å². The Balaban J connectivity index is 2.47. The molecule has 1 aromatic heterocycles. The quantitative estimate of drug-likeness (QED) is 0.774. The van der Waals surface area contributed by atoms with E-state index in [1.807, 2.05) is 13.0 Å². The Kier molecular flexibility index (Phi) is 5.28. The lowest BCUT2D eigenvalue weighted by Crippen LogP contribution is -2.26. The first-order valence-electron chi connectivity index (χ1n) is 5.09. The molecule has 88 valence electrons. The average molecular weight is 224 g/mol. The van der Waals surface area contributed by atoms with Crippen molar-refractivity contribution in [1.29, 1.82) is 0 Å². The van der Waals surface area contributed by atoms with E-state index in [4.69, 9.17) is 9.47 Å². The van der Waals surface area contributed by atoms with Gasteiger partial charge in [0.2, 0.25) is 11.8 Å². The van der Waals surface area contributed by atoms with Crippen LogP contribution in [0.2, 0.25) is 0 Å². The lowest BCUT2D eigenvalue weighted by Gasteiger charge is -2.06. The summed E-state index contributed by atoms with van der Waals surface area (Å²) in [6.45, 7) is 3.00. The Morgan fingerprint density at radius 2 is 2.38 bits per heavy atom. The molecule has 0 saturated heterocycles. The SMILES string of the molecule is CCOc1cc(CNC(=O)COC)ccn1. The molecule has 0 atom stereocenters. The number of amides is 1. The number of carbonyl (C=O) groups excluding carboxylic acids is 1. The van der Waals surface area contributed by atoms with E-state index in [1.54, 1.807) is 12.3 Å². The Hall–Kier alpha value is -1.62. The molecular formula is C11H16N2O3. The number of hydrogen-bond donors (Lipinski definition) is 1. The summed E-state index contributed by atoms with van der Waals surface area (Å²) in [5.74, 6) is 0.429. The summed E-state index contributed by atoms with van der Waals surface area (Å²) in [6, 6.07) is 3.63. The molecule has 0 spiro atoms. The highest BCUT2D eigenvalue weighted by molar-refractivity contribution is 5.77. The Morgan fingerprint density at radius 1 is 1.56 bits per heavy atom. The largest absolute Gasteiger partial charge is 0.478 e. The van der Waals surface area contributed by atoms with E-state index in [2.05, 4.69) is 10.3 Å². The van der Waals surface area contributed by atoms with Crippen LogP contribution >= 0.6 is 0 Å². The molecule has 0 aliphatic carbocycles. The van der Waals surface area contributed by atoms with Crippen LogP contribution in [0.3, 0.4) is 0 Å². The van der Waals surface area contributed by atoms with Crippen LogP contribution in [-0.2, 0) is 16.1 Å². The highest BCUT2D eigenvalue weighted by Gasteiger charge is 2.01. The molecule has 1 heterocycles. The maximum atomic E-state index is 11.1. The van der Waals surface area contributed by atoms with Gasteiger partial charge in [-0.15, -0.1) is 0 Å². The van der Waals surface area contributed by atoms with Crippen molar-refractivity contribution in [1.82, 2.24) is 10.3 Å². The average Bonchev–Trinajstić information content (AvgIpc) is 2.28. The number of methoxy groups -OCH3 is 1. The van der Waals surface area contributed by atoms with Gasteiger partial charge in [0, 0.05) is 25.9 Å². The van der Waals surface area contributed by atoms with Gasteiger partial charge in [0.25, 0.3) is 0 Å². The number of pyridine rings is 1. The van der Waals surface area contributed by atoms with E-state index in [0.29, 0.717) is 19.0 Å². The molecule has 0 bridgehead atoms. The zero-order valence-corrected chi connectivity index (χ0v) is 9.53. The van der Waals surface area contributed by atoms with Crippen molar-refractivity contribution in [2.24, 2.45) is 0 Å². The highest BCUT2D eigenvalue weighted by Crippen LogP contribution is 2.08. The standard InChI is InChI=1S/C11H16N2O3/c1-3-16-11-6-9(4-5-12-11)7-13-10(14)8-15-2/h4-6H,3,7-8H2,1-2H3,(H,13,14). The molecule has 0 fully saturated rings. The second kappa shape index (κ2) is 6.79. The molecule has 0 unspecified atom stereocenters. The first kappa shape index (κ1) is 12.4. The lowest BCUT2D eigenvalue weighted by molar-refractivity contribution is -0.124. The number of carbonyl (C=O) groups is 1. The van der Waals surface area contributed by atoms with Crippen LogP contribution in [0.25, 0.3) is 0 Å². The number of rotatable bonds is 6. The minimum Gasteiger partial charge on any atom is -0.478 e. The lowest BCUT2D eigenvalue weighted by atomic mass is 10.2. The van der Waals surface area contributed by atoms with Crippen molar-refractivity contribution in [2.45, 2.75) is 13.5 Å². The molecule has 1 N–H and O–H groups in total. The van der Waals surface area contributed by atoms with E-state index >= 15 is 0 Å². The van der Waals surface area contributed by atoms with Gasteiger partial charge in [0.1, 0.15) is 6.61 Å². The molecule has 0 radical (unpaired) electrons. The van der Waals surface area contributed by atoms with Crippen LogP contribution in [0.4, 0.5) is 0 Å². The normalized spacial score (nSPS) is 9.88. The fourth-order valence-electron chi connectivity index (χ4n) is 1.17. The molecule has 0 saturated carbocycles. The van der Waals surface area contributed by atoms with Crippen molar-refractivity contribution >= 4 is 5.91 Å². The predicted molar refractivity (Wildman–Crippen MR) is 59.1 cm³/mol. The molecule has 1 amide bonds. The van der Waals surface area contributed by atoms with Gasteiger partial charge in [-0.3, -0.25) is 4.79 Å². The van der Waals surface area contributed by atoms with E-state index in [0.717, 1.165) is 5.56 Å². The van der Waals surface area contributed by atoms with Crippen molar-refractivity contribution in [3.63, 3.8) is 0 Å². The van der Waals surface area contributed by atoms with Crippen molar-refractivity contribution in [3.8, 4) is 5.88 Å². The van der Waals surface area contributed by atoms with E-state index < -0.39 is 0 Å². The van der Waals surface area contributed by atoms with Crippen LogP contribution in [0.5, 0.6) is 5.88 Å². The van der Waals surface area contributed by atoms with Crippen molar-refractivity contribution in [2.75, 3.05) is 20.3 Å². The zero-order chi connectivity index (χ0) is 11.8. The minimum absolute atomic E-state index is 0.0728. The van der Waals surface area contributed by atoms with Gasteiger partial charge in [-0.2, -0.15) is 0 Å². The van der Waals surface area contributed by atoms with Crippen LogP contribution in [-0.4, -0.2) is 31.2 Å². The van der Waals surface area contributed by atoms with Gasteiger partial charge < -0.3 is 14.8 Å². The highest BCUT2D eigenvalue weighted by atomic mass is 16.5. The second-order valence-electron chi connectivity index (χ2n) is 3.15. The molecule has 0 aliphatic rings. The van der Waals surface area contributed by atoms with E-state index in [-0.39, 0.29) is 12.5 Å². The number of nitrogens with zero attached hydrogens (tertiary/aromatic N) is 1. The van der Waals surface area contributed by atoms with Gasteiger partial charge in [0.15, 0.2) is 0 Å². The number of ether oxygens (including phenoxy) is 2. The summed E-state index contributed by atoms with van der Waals surface area (Å²) >= 11 is 0. The molecule has 1 aromatic rings. The molecular weight excluding hydrogens is 208 g/mol. The van der Waals surface area contributed by atoms with Crippen LogP contribution in [0.15, 0.2) is 18.3 Å². The molecule has 0 aliphatic heterocycles. The third-order valence-electron chi connectivity index (χ3n) is 1.86. The maximum absolute atomic E-state index is 11.1. The van der Waals surface area contributed by atoms with Gasteiger partial charge >= 0.3 is 0 Å². The van der Waals surface area contributed by atoms with Gasteiger partial charge in [-0.25, -0.2) is 4.98 Å². The number of hydrogen-bond acceptors (Lipinski definition) is 4. The molecule has 0 aromatic carbocycles. The smallest absolute Gasteiger partial charge is 0.246 e. The number of nitrogens with one attached hydrogen (secondary N) is 1. The fraction of sp³-hybridized carbons (Fsp3) is 0.455.